The van der Waals surface area contributed by atoms with Crippen molar-refractivity contribution in [1.29, 1.82) is 0 Å². The van der Waals surface area contributed by atoms with Gasteiger partial charge in [-0.15, -0.1) is 0 Å². The fourth-order valence-corrected chi connectivity index (χ4v) is 4.05. The summed E-state index contributed by atoms with van der Waals surface area (Å²) in [5, 5.41) is 5.99. The summed E-state index contributed by atoms with van der Waals surface area (Å²) in [6.07, 6.45) is 4.48. The third kappa shape index (κ3) is 4.81. The van der Waals surface area contributed by atoms with Crippen LogP contribution in [0.3, 0.4) is 0 Å². The summed E-state index contributed by atoms with van der Waals surface area (Å²) >= 11 is 12.0. The van der Waals surface area contributed by atoms with Crippen LogP contribution in [0.15, 0.2) is 73.1 Å². The molecule has 0 aliphatic rings. The van der Waals surface area contributed by atoms with Gasteiger partial charge in [-0.05, 0) is 79.2 Å². The average Bonchev–Trinajstić information content (AvgIpc) is 3.07. The molecular formula is C24H23ClN4S. The number of benzene rings is 2. The highest BCUT2D eigenvalue weighted by atomic mass is 35.5. The summed E-state index contributed by atoms with van der Waals surface area (Å²) in [6, 6.07) is 20.0. The van der Waals surface area contributed by atoms with Gasteiger partial charge in [0.05, 0.1) is 0 Å². The van der Waals surface area contributed by atoms with Crippen molar-refractivity contribution in [1.82, 2.24) is 14.9 Å². The number of H-pyrrole nitrogens is 1. The molecule has 30 heavy (non-hydrogen) atoms. The second kappa shape index (κ2) is 9.28. The smallest absolute Gasteiger partial charge is 0.173 e. The number of hydrogen-bond acceptors (Lipinski definition) is 2. The van der Waals surface area contributed by atoms with Crippen LogP contribution in [0.5, 0.6) is 0 Å². The van der Waals surface area contributed by atoms with Crippen LogP contribution in [-0.4, -0.2) is 26.5 Å². The molecule has 0 unspecified atom stereocenters. The third-order valence-corrected chi connectivity index (χ3v) is 5.74. The van der Waals surface area contributed by atoms with E-state index in [1.807, 2.05) is 73.1 Å². The number of halogens is 1. The number of aryl methyl sites for hydroxylation is 1. The van der Waals surface area contributed by atoms with Gasteiger partial charge in [-0.2, -0.15) is 0 Å². The molecule has 2 N–H and O–H groups in total. The van der Waals surface area contributed by atoms with E-state index >= 15 is 0 Å². The molecule has 0 amide bonds. The number of aromatic amines is 1. The Kier molecular flexibility index (Phi) is 6.31. The molecule has 0 aliphatic heterocycles. The second-order valence-electron chi connectivity index (χ2n) is 7.24. The van der Waals surface area contributed by atoms with Crippen molar-refractivity contribution in [2.75, 3.05) is 11.9 Å². The summed E-state index contributed by atoms with van der Waals surface area (Å²) in [5.74, 6) is 0. The number of thiocarbonyl (C=S) groups is 1. The molecule has 2 aromatic heterocycles. The first kappa shape index (κ1) is 20.4. The Labute approximate surface area is 186 Å². The fourth-order valence-electron chi connectivity index (χ4n) is 3.61. The van der Waals surface area contributed by atoms with E-state index in [-0.39, 0.29) is 0 Å². The Bertz CT molecular complexity index is 1140. The maximum atomic E-state index is 6.25. The van der Waals surface area contributed by atoms with Crippen LogP contribution in [0.4, 0.5) is 5.69 Å². The van der Waals surface area contributed by atoms with Gasteiger partial charge in [0.1, 0.15) is 0 Å². The van der Waals surface area contributed by atoms with Gasteiger partial charge < -0.3 is 15.2 Å². The Morgan fingerprint density at radius 1 is 1.10 bits per heavy atom. The summed E-state index contributed by atoms with van der Waals surface area (Å²) in [7, 11) is 0. The van der Waals surface area contributed by atoms with Crippen LogP contribution in [0.25, 0.3) is 10.9 Å². The minimum absolute atomic E-state index is 0.702. The topological polar surface area (TPSA) is 44.0 Å². The van der Waals surface area contributed by atoms with Crippen LogP contribution >= 0.6 is 23.8 Å². The number of para-hydroxylation sites is 1. The van der Waals surface area contributed by atoms with Crippen LogP contribution in [0, 0.1) is 6.92 Å². The molecule has 4 nitrogen and oxygen atoms in total. The molecule has 0 atom stereocenters. The van der Waals surface area contributed by atoms with Crippen LogP contribution in [-0.2, 0) is 13.0 Å². The molecule has 2 heterocycles. The number of nitrogens with zero attached hydrogens (tertiary/aromatic N) is 2. The molecule has 4 rings (SSSR count). The number of pyridine rings is 1. The summed E-state index contributed by atoms with van der Waals surface area (Å²) in [4.78, 5) is 9.78. The molecule has 0 aliphatic carbocycles. The quantitative estimate of drug-likeness (QED) is 0.367. The Balaban J connectivity index is 1.56. The Hall–Kier alpha value is -2.89. The third-order valence-electron chi connectivity index (χ3n) is 5.15. The maximum Gasteiger partial charge on any atom is 0.173 e. The van der Waals surface area contributed by atoms with E-state index in [4.69, 9.17) is 23.8 Å². The highest BCUT2D eigenvalue weighted by molar-refractivity contribution is 7.80. The van der Waals surface area contributed by atoms with Crippen LogP contribution in [0.2, 0.25) is 5.02 Å². The van der Waals surface area contributed by atoms with E-state index in [0.29, 0.717) is 11.7 Å². The standard InChI is InChI=1S/C24H23ClN4S/c1-17-21(22-15-19(25)7-8-23(22)27-17)11-14-29(16-18-9-12-26-13-10-18)24(30)28-20-5-3-2-4-6-20/h2-10,12-13,15,27H,11,14,16H2,1H3,(H,28,30). The van der Waals surface area contributed by atoms with E-state index in [0.717, 1.165) is 34.9 Å². The van der Waals surface area contributed by atoms with Gasteiger partial charge in [-0.1, -0.05) is 29.8 Å². The Morgan fingerprint density at radius 2 is 1.87 bits per heavy atom. The zero-order valence-corrected chi connectivity index (χ0v) is 18.3. The van der Waals surface area contributed by atoms with Gasteiger partial charge in [0.15, 0.2) is 5.11 Å². The van der Waals surface area contributed by atoms with Crippen molar-refractivity contribution in [3.05, 3.63) is 94.9 Å². The first-order valence-electron chi connectivity index (χ1n) is 9.87. The molecule has 6 heteroatoms. The number of rotatable bonds is 6. The maximum absolute atomic E-state index is 6.25. The van der Waals surface area contributed by atoms with E-state index in [1.54, 1.807) is 0 Å². The van der Waals surface area contributed by atoms with E-state index in [9.17, 15) is 0 Å². The summed E-state index contributed by atoms with van der Waals surface area (Å²) in [5.41, 5.74) is 5.70. The highest BCUT2D eigenvalue weighted by Gasteiger charge is 2.15. The average molecular weight is 435 g/mol. The van der Waals surface area contributed by atoms with Crippen molar-refractivity contribution in [2.24, 2.45) is 0 Å². The fraction of sp³-hybridized carbons (Fsp3) is 0.167. The van der Waals surface area contributed by atoms with Gasteiger partial charge in [-0.3, -0.25) is 4.98 Å². The second-order valence-corrected chi connectivity index (χ2v) is 8.06. The normalized spacial score (nSPS) is 10.9. The number of aromatic nitrogens is 2. The molecule has 0 saturated carbocycles. The lowest BCUT2D eigenvalue weighted by Crippen LogP contribution is -2.36. The first-order valence-corrected chi connectivity index (χ1v) is 10.7. The zero-order chi connectivity index (χ0) is 20.9. The SMILES string of the molecule is Cc1[nH]c2ccc(Cl)cc2c1CCN(Cc1ccncc1)C(=S)Nc1ccccc1. The van der Waals surface area contributed by atoms with E-state index in [1.165, 1.54) is 16.5 Å². The molecular weight excluding hydrogens is 412 g/mol. The minimum atomic E-state index is 0.702. The largest absolute Gasteiger partial charge is 0.358 e. The van der Waals surface area contributed by atoms with Crippen LogP contribution < -0.4 is 5.32 Å². The minimum Gasteiger partial charge on any atom is -0.358 e. The predicted octanol–water partition coefficient (Wildman–Crippen LogP) is 5.97. The van der Waals surface area contributed by atoms with Crippen molar-refractivity contribution < 1.29 is 0 Å². The number of hydrogen-bond donors (Lipinski definition) is 2. The van der Waals surface area contributed by atoms with Crippen molar-refractivity contribution in [3.8, 4) is 0 Å². The lowest BCUT2D eigenvalue weighted by atomic mass is 10.1. The summed E-state index contributed by atoms with van der Waals surface area (Å²) < 4.78 is 0. The van der Waals surface area contributed by atoms with Crippen molar-refractivity contribution >= 4 is 45.5 Å². The summed E-state index contributed by atoms with van der Waals surface area (Å²) in [6.45, 7) is 3.60. The van der Waals surface area contributed by atoms with Gasteiger partial charge >= 0.3 is 0 Å². The number of nitrogens with one attached hydrogen (secondary N) is 2. The number of fused-ring (bicyclic) bond motifs is 1. The molecule has 152 valence electrons. The molecule has 0 bridgehead atoms. The molecule has 0 radical (unpaired) electrons. The highest BCUT2D eigenvalue weighted by Crippen LogP contribution is 2.26. The van der Waals surface area contributed by atoms with Crippen molar-refractivity contribution in [3.63, 3.8) is 0 Å². The molecule has 4 aromatic rings. The zero-order valence-electron chi connectivity index (χ0n) is 16.7. The lowest BCUT2D eigenvalue weighted by Gasteiger charge is -2.26. The molecule has 0 spiro atoms. The van der Waals surface area contributed by atoms with Crippen LogP contribution in [0.1, 0.15) is 16.8 Å². The first-order chi connectivity index (χ1) is 14.6. The number of anilines is 1. The lowest BCUT2D eigenvalue weighted by molar-refractivity contribution is 0.423. The van der Waals surface area contributed by atoms with Gasteiger partial charge in [-0.25, -0.2) is 0 Å². The molecule has 2 aromatic carbocycles. The van der Waals surface area contributed by atoms with Gasteiger partial charge in [0, 0.05) is 52.8 Å². The Morgan fingerprint density at radius 3 is 2.63 bits per heavy atom. The monoisotopic (exact) mass is 434 g/mol. The predicted molar refractivity (Wildman–Crippen MR) is 129 cm³/mol. The van der Waals surface area contributed by atoms with E-state index in [2.05, 4.69) is 27.1 Å². The molecule has 0 saturated heterocycles. The van der Waals surface area contributed by atoms with Gasteiger partial charge in [0.2, 0.25) is 0 Å². The van der Waals surface area contributed by atoms with Crippen molar-refractivity contribution in [2.45, 2.75) is 19.9 Å². The van der Waals surface area contributed by atoms with E-state index < -0.39 is 0 Å². The van der Waals surface area contributed by atoms with Gasteiger partial charge in [0.25, 0.3) is 0 Å². The molecule has 0 fully saturated rings.